The SMILES string of the molecule is CCC(C#N)c1cc(Br)cc(Br)c1F. The highest BCUT2D eigenvalue weighted by Gasteiger charge is 2.16. The summed E-state index contributed by atoms with van der Waals surface area (Å²) < 4.78 is 14.7. The van der Waals surface area contributed by atoms with Crippen LogP contribution in [0.25, 0.3) is 0 Å². The van der Waals surface area contributed by atoms with Crippen LogP contribution in [0.2, 0.25) is 0 Å². The molecule has 1 rings (SSSR count). The molecule has 0 heterocycles. The molecule has 1 aromatic carbocycles. The van der Waals surface area contributed by atoms with Crippen LogP contribution in [0.4, 0.5) is 4.39 Å². The molecule has 0 aliphatic heterocycles. The summed E-state index contributed by atoms with van der Waals surface area (Å²) in [6, 6.07) is 5.36. The fourth-order valence-electron chi connectivity index (χ4n) is 1.21. The van der Waals surface area contributed by atoms with Gasteiger partial charge in [0.1, 0.15) is 5.82 Å². The molecule has 0 saturated heterocycles. The molecular weight excluding hydrogens is 313 g/mol. The minimum Gasteiger partial charge on any atom is -0.205 e. The van der Waals surface area contributed by atoms with Crippen LogP contribution in [0, 0.1) is 17.1 Å². The topological polar surface area (TPSA) is 23.8 Å². The van der Waals surface area contributed by atoms with Crippen molar-refractivity contribution < 1.29 is 4.39 Å². The van der Waals surface area contributed by atoms with E-state index in [1.165, 1.54) is 0 Å². The monoisotopic (exact) mass is 319 g/mol. The second-order valence-corrected chi connectivity index (χ2v) is 4.65. The number of benzene rings is 1. The second-order valence-electron chi connectivity index (χ2n) is 2.88. The summed E-state index contributed by atoms with van der Waals surface area (Å²) >= 11 is 6.38. The Balaban J connectivity index is 3.27. The van der Waals surface area contributed by atoms with Gasteiger partial charge in [-0.05, 0) is 34.5 Å². The van der Waals surface area contributed by atoms with Crippen molar-refractivity contribution in [1.82, 2.24) is 0 Å². The lowest BCUT2D eigenvalue weighted by Crippen LogP contribution is -1.98. The van der Waals surface area contributed by atoms with Crippen molar-refractivity contribution in [3.63, 3.8) is 0 Å². The van der Waals surface area contributed by atoms with Gasteiger partial charge in [-0.2, -0.15) is 5.26 Å². The van der Waals surface area contributed by atoms with Crippen molar-refractivity contribution in [1.29, 1.82) is 5.26 Å². The van der Waals surface area contributed by atoms with Crippen molar-refractivity contribution in [3.05, 3.63) is 32.5 Å². The van der Waals surface area contributed by atoms with Crippen LogP contribution in [0.1, 0.15) is 24.8 Å². The minimum atomic E-state index is -0.385. The Morgan fingerprint density at radius 3 is 2.64 bits per heavy atom. The highest BCUT2D eigenvalue weighted by molar-refractivity contribution is 9.11. The summed E-state index contributed by atoms with van der Waals surface area (Å²) in [6.45, 7) is 1.86. The molecule has 0 fully saturated rings. The molecule has 0 radical (unpaired) electrons. The first-order valence-corrected chi connectivity index (χ1v) is 5.72. The van der Waals surface area contributed by atoms with E-state index < -0.39 is 0 Å². The lowest BCUT2D eigenvalue weighted by atomic mass is 9.98. The van der Waals surface area contributed by atoms with Gasteiger partial charge in [0.2, 0.25) is 0 Å². The van der Waals surface area contributed by atoms with Crippen LogP contribution in [0.15, 0.2) is 21.1 Å². The molecule has 1 nitrogen and oxygen atoms in total. The van der Waals surface area contributed by atoms with E-state index >= 15 is 0 Å². The molecule has 0 saturated carbocycles. The first kappa shape index (κ1) is 11.7. The predicted molar refractivity (Wildman–Crippen MR) is 60.4 cm³/mol. The van der Waals surface area contributed by atoms with Crippen molar-refractivity contribution in [2.75, 3.05) is 0 Å². The fraction of sp³-hybridized carbons (Fsp3) is 0.300. The van der Waals surface area contributed by atoms with E-state index in [0.29, 0.717) is 16.5 Å². The van der Waals surface area contributed by atoms with Gasteiger partial charge in [-0.15, -0.1) is 0 Å². The van der Waals surface area contributed by atoms with Crippen molar-refractivity contribution in [2.24, 2.45) is 0 Å². The molecule has 0 bridgehead atoms. The number of halogens is 3. The van der Waals surface area contributed by atoms with E-state index in [9.17, 15) is 4.39 Å². The zero-order valence-electron chi connectivity index (χ0n) is 7.52. The Kier molecular flexibility index (Phi) is 4.09. The number of nitrogens with zero attached hydrogens (tertiary/aromatic N) is 1. The highest BCUT2D eigenvalue weighted by Crippen LogP contribution is 2.30. The van der Waals surface area contributed by atoms with E-state index in [1.54, 1.807) is 12.1 Å². The van der Waals surface area contributed by atoms with E-state index in [0.717, 1.165) is 4.47 Å². The standard InChI is InChI=1S/C10H8Br2FN/c1-2-6(5-14)8-3-7(11)4-9(12)10(8)13/h3-4,6H,2H2,1H3. The summed E-state index contributed by atoms with van der Waals surface area (Å²) in [6.07, 6.45) is 0.607. The van der Waals surface area contributed by atoms with Gasteiger partial charge in [0.05, 0.1) is 16.5 Å². The third kappa shape index (κ3) is 2.34. The Labute approximate surface area is 99.2 Å². The second kappa shape index (κ2) is 4.90. The largest absolute Gasteiger partial charge is 0.205 e. The van der Waals surface area contributed by atoms with Crippen LogP contribution in [-0.4, -0.2) is 0 Å². The molecule has 0 spiro atoms. The quantitative estimate of drug-likeness (QED) is 0.742. The van der Waals surface area contributed by atoms with Crippen LogP contribution in [0.5, 0.6) is 0 Å². The molecule has 1 aromatic rings. The lowest BCUT2D eigenvalue weighted by Gasteiger charge is -2.09. The van der Waals surface area contributed by atoms with Crippen LogP contribution >= 0.6 is 31.9 Å². The van der Waals surface area contributed by atoms with Crippen LogP contribution in [0.3, 0.4) is 0 Å². The van der Waals surface area contributed by atoms with Crippen LogP contribution in [-0.2, 0) is 0 Å². The zero-order chi connectivity index (χ0) is 10.7. The van der Waals surface area contributed by atoms with Gasteiger partial charge in [-0.25, -0.2) is 4.39 Å². The molecule has 4 heteroatoms. The van der Waals surface area contributed by atoms with Gasteiger partial charge >= 0.3 is 0 Å². The summed E-state index contributed by atoms with van der Waals surface area (Å²) in [5, 5.41) is 8.84. The molecule has 14 heavy (non-hydrogen) atoms. The Morgan fingerprint density at radius 2 is 2.14 bits per heavy atom. The van der Waals surface area contributed by atoms with Gasteiger partial charge in [0.25, 0.3) is 0 Å². The Bertz CT molecular complexity index is 384. The van der Waals surface area contributed by atoms with Crippen LogP contribution < -0.4 is 0 Å². The van der Waals surface area contributed by atoms with Gasteiger partial charge in [0.15, 0.2) is 0 Å². The third-order valence-electron chi connectivity index (χ3n) is 1.96. The molecular formula is C10H8Br2FN. The van der Waals surface area contributed by atoms with Gasteiger partial charge in [-0.1, -0.05) is 22.9 Å². The summed E-state index contributed by atoms with van der Waals surface area (Å²) in [5.74, 6) is -0.731. The van der Waals surface area contributed by atoms with Crippen molar-refractivity contribution in [3.8, 4) is 6.07 Å². The maximum absolute atomic E-state index is 13.6. The van der Waals surface area contributed by atoms with Crippen molar-refractivity contribution in [2.45, 2.75) is 19.3 Å². The third-order valence-corrected chi connectivity index (χ3v) is 3.00. The molecule has 1 atom stereocenters. The van der Waals surface area contributed by atoms with E-state index in [4.69, 9.17) is 5.26 Å². The molecule has 0 aliphatic rings. The Morgan fingerprint density at radius 1 is 1.50 bits per heavy atom. The van der Waals surface area contributed by atoms with Crippen molar-refractivity contribution >= 4 is 31.9 Å². The minimum absolute atomic E-state index is 0.346. The highest BCUT2D eigenvalue weighted by atomic mass is 79.9. The molecule has 0 N–H and O–H groups in total. The molecule has 1 unspecified atom stereocenters. The summed E-state index contributed by atoms with van der Waals surface area (Å²) in [4.78, 5) is 0. The Hall–Kier alpha value is -0.400. The van der Waals surface area contributed by atoms with E-state index in [1.807, 2.05) is 6.92 Å². The first-order valence-electron chi connectivity index (χ1n) is 4.14. The molecule has 0 amide bonds. The predicted octanol–water partition coefficient (Wildman–Crippen LogP) is 4.37. The molecule has 74 valence electrons. The van der Waals surface area contributed by atoms with Gasteiger partial charge in [0, 0.05) is 10.0 Å². The maximum atomic E-state index is 13.6. The normalized spacial score (nSPS) is 12.2. The summed E-state index contributed by atoms with van der Waals surface area (Å²) in [5.41, 5.74) is 0.441. The fourth-order valence-corrected chi connectivity index (χ4v) is 2.47. The smallest absolute Gasteiger partial charge is 0.141 e. The number of hydrogen-bond acceptors (Lipinski definition) is 1. The lowest BCUT2D eigenvalue weighted by molar-refractivity contribution is 0.591. The first-order chi connectivity index (χ1) is 6.60. The van der Waals surface area contributed by atoms with E-state index in [2.05, 4.69) is 37.9 Å². The van der Waals surface area contributed by atoms with Gasteiger partial charge in [-0.3, -0.25) is 0 Å². The van der Waals surface area contributed by atoms with E-state index in [-0.39, 0.29) is 11.7 Å². The molecule has 0 aliphatic carbocycles. The summed E-state index contributed by atoms with van der Waals surface area (Å²) in [7, 11) is 0. The number of nitriles is 1. The maximum Gasteiger partial charge on any atom is 0.141 e. The zero-order valence-corrected chi connectivity index (χ0v) is 10.7. The average Bonchev–Trinajstić information content (AvgIpc) is 2.15. The molecule has 0 aromatic heterocycles. The van der Waals surface area contributed by atoms with Gasteiger partial charge < -0.3 is 0 Å². The number of hydrogen-bond donors (Lipinski definition) is 0. The average molecular weight is 321 g/mol. The number of rotatable bonds is 2.